The van der Waals surface area contributed by atoms with Gasteiger partial charge in [0, 0.05) is 17.8 Å². The van der Waals surface area contributed by atoms with Crippen LogP contribution in [0.2, 0.25) is 5.02 Å². The number of fused-ring (bicyclic) bond motifs is 4. The summed E-state index contributed by atoms with van der Waals surface area (Å²) in [5.41, 5.74) is 3.17. The van der Waals surface area contributed by atoms with E-state index in [0.29, 0.717) is 32.8 Å². The summed E-state index contributed by atoms with van der Waals surface area (Å²) in [6, 6.07) is 11.0. The van der Waals surface area contributed by atoms with Crippen molar-refractivity contribution in [2.75, 3.05) is 0 Å². The van der Waals surface area contributed by atoms with E-state index in [9.17, 15) is 10.1 Å². The van der Waals surface area contributed by atoms with Crippen LogP contribution in [0.25, 0.3) is 38.5 Å². The van der Waals surface area contributed by atoms with Gasteiger partial charge in [-0.1, -0.05) is 17.7 Å². The van der Waals surface area contributed by atoms with Gasteiger partial charge in [-0.2, -0.15) is 10.4 Å². The molecule has 0 aliphatic carbocycles. The number of aromatic nitrogens is 5. The molecule has 8 heteroatoms. The third kappa shape index (κ3) is 2.05. The third-order valence-electron chi connectivity index (χ3n) is 4.75. The van der Waals surface area contributed by atoms with E-state index >= 15 is 0 Å². The van der Waals surface area contributed by atoms with Gasteiger partial charge in [0.05, 0.1) is 45.3 Å². The maximum Gasteiger partial charge on any atom is 0.283 e. The van der Waals surface area contributed by atoms with Gasteiger partial charge in [0.1, 0.15) is 6.07 Å². The summed E-state index contributed by atoms with van der Waals surface area (Å²) in [7, 11) is 1.82. The van der Waals surface area contributed by atoms with Crippen LogP contribution in [-0.2, 0) is 7.05 Å². The van der Waals surface area contributed by atoms with Crippen LogP contribution in [0.15, 0.2) is 47.7 Å². The van der Waals surface area contributed by atoms with Crippen LogP contribution in [-0.4, -0.2) is 24.3 Å². The van der Waals surface area contributed by atoms with E-state index in [4.69, 9.17) is 11.6 Å². The highest BCUT2D eigenvalue weighted by atomic mass is 35.5. The molecule has 5 aromatic rings. The second-order valence-electron chi connectivity index (χ2n) is 6.26. The highest BCUT2D eigenvalue weighted by Crippen LogP contribution is 2.31. The minimum Gasteiger partial charge on any atom is -0.333 e. The summed E-state index contributed by atoms with van der Waals surface area (Å²) < 4.78 is 3.35. The maximum absolute atomic E-state index is 13.3. The van der Waals surface area contributed by atoms with Crippen molar-refractivity contribution in [3.63, 3.8) is 0 Å². The van der Waals surface area contributed by atoms with E-state index in [1.165, 1.54) is 0 Å². The number of hydrogen-bond donors (Lipinski definition) is 1. The summed E-state index contributed by atoms with van der Waals surface area (Å²) >= 11 is 6.30. The zero-order valence-corrected chi connectivity index (χ0v) is 14.8. The van der Waals surface area contributed by atoms with Gasteiger partial charge < -0.3 is 4.57 Å². The number of nitrogens with one attached hydrogen (secondary N) is 1. The van der Waals surface area contributed by atoms with Gasteiger partial charge in [0.25, 0.3) is 5.56 Å². The predicted octanol–water partition coefficient (Wildman–Crippen LogP) is 3.28. The summed E-state index contributed by atoms with van der Waals surface area (Å²) in [4.78, 5) is 17.6. The van der Waals surface area contributed by atoms with E-state index in [1.54, 1.807) is 33.8 Å². The van der Waals surface area contributed by atoms with Crippen LogP contribution in [0.3, 0.4) is 0 Å². The lowest BCUT2D eigenvalue weighted by Crippen LogP contribution is -2.20. The van der Waals surface area contributed by atoms with Crippen LogP contribution >= 0.6 is 11.6 Å². The molecular formula is C19H11ClN6O. The number of H-pyrrole nitrogens is 1. The second-order valence-corrected chi connectivity index (χ2v) is 6.67. The average molecular weight is 375 g/mol. The average Bonchev–Trinajstić information content (AvgIpc) is 3.29. The summed E-state index contributed by atoms with van der Waals surface area (Å²) in [5, 5.41) is 18.2. The van der Waals surface area contributed by atoms with Crippen LogP contribution in [0.5, 0.6) is 0 Å². The Morgan fingerprint density at radius 2 is 2.11 bits per heavy atom. The molecular weight excluding hydrogens is 364 g/mol. The minimum absolute atomic E-state index is 0.257. The standard InChI is InChI=1S/C19H11ClN6O/c1-25-9-22-17-18(25)11-5-10(7-21)13(20)6-16(11)26(19(17)27)15-4-2-3-14-12(15)8-23-24-14/h2-6,8-9H,1H3,(H,23,24). The number of benzene rings is 2. The Morgan fingerprint density at radius 1 is 1.26 bits per heavy atom. The van der Waals surface area contributed by atoms with Crippen LogP contribution < -0.4 is 5.56 Å². The lowest BCUT2D eigenvalue weighted by Gasteiger charge is -2.13. The van der Waals surface area contributed by atoms with Crippen molar-refractivity contribution >= 4 is 44.4 Å². The van der Waals surface area contributed by atoms with Gasteiger partial charge in [-0.3, -0.25) is 14.5 Å². The molecule has 1 N–H and O–H groups in total. The van der Waals surface area contributed by atoms with Crippen molar-refractivity contribution in [1.29, 1.82) is 5.26 Å². The van der Waals surface area contributed by atoms with Crippen LogP contribution in [0.4, 0.5) is 0 Å². The van der Waals surface area contributed by atoms with E-state index in [1.807, 2.05) is 25.2 Å². The molecule has 3 aromatic heterocycles. The first-order chi connectivity index (χ1) is 13.1. The van der Waals surface area contributed by atoms with Gasteiger partial charge in [0.2, 0.25) is 0 Å². The molecule has 0 atom stereocenters. The van der Waals surface area contributed by atoms with Crippen molar-refractivity contribution in [2.24, 2.45) is 7.05 Å². The molecule has 130 valence electrons. The fourth-order valence-electron chi connectivity index (χ4n) is 3.53. The lowest BCUT2D eigenvalue weighted by molar-refractivity contribution is 0.950. The number of nitriles is 1. The summed E-state index contributed by atoms with van der Waals surface area (Å²) in [5.74, 6) is 0. The molecule has 0 unspecified atom stereocenters. The quantitative estimate of drug-likeness (QED) is 0.487. The molecule has 2 aromatic carbocycles. The molecule has 0 aliphatic rings. The Bertz CT molecular complexity index is 1480. The molecule has 7 nitrogen and oxygen atoms in total. The first kappa shape index (κ1) is 15.6. The maximum atomic E-state index is 13.3. The Balaban J connectivity index is 2.08. The highest BCUT2D eigenvalue weighted by Gasteiger charge is 2.19. The normalized spacial score (nSPS) is 11.4. The molecule has 0 saturated heterocycles. The number of pyridine rings is 1. The van der Waals surface area contributed by atoms with E-state index in [-0.39, 0.29) is 5.56 Å². The first-order valence-electron chi connectivity index (χ1n) is 8.12. The minimum atomic E-state index is -0.257. The van der Waals surface area contributed by atoms with Crippen molar-refractivity contribution < 1.29 is 0 Å². The number of aryl methyl sites for hydroxylation is 1. The lowest BCUT2D eigenvalue weighted by atomic mass is 10.1. The topological polar surface area (TPSA) is 92.3 Å². The van der Waals surface area contributed by atoms with Gasteiger partial charge in [0.15, 0.2) is 5.52 Å². The molecule has 5 rings (SSSR count). The Hall–Kier alpha value is -3.63. The van der Waals surface area contributed by atoms with Gasteiger partial charge in [-0.05, 0) is 24.3 Å². The third-order valence-corrected chi connectivity index (χ3v) is 5.06. The fraction of sp³-hybridized carbons (Fsp3) is 0.0526. The molecule has 0 spiro atoms. The van der Waals surface area contributed by atoms with E-state index < -0.39 is 0 Å². The number of aromatic amines is 1. The van der Waals surface area contributed by atoms with Crippen molar-refractivity contribution in [3.8, 4) is 11.8 Å². The van der Waals surface area contributed by atoms with Crippen molar-refractivity contribution in [2.45, 2.75) is 0 Å². The van der Waals surface area contributed by atoms with Crippen LogP contribution in [0, 0.1) is 11.3 Å². The molecule has 3 heterocycles. The van der Waals surface area contributed by atoms with Crippen molar-refractivity contribution in [3.05, 3.63) is 63.8 Å². The number of nitrogens with zero attached hydrogens (tertiary/aromatic N) is 5. The number of imidazole rings is 1. The predicted molar refractivity (Wildman–Crippen MR) is 103 cm³/mol. The monoisotopic (exact) mass is 374 g/mol. The molecule has 0 fully saturated rings. The zero-order valence-electron chi connectivity index (χ0n) is 14.1. The molecule has 0 saturated carbocycles. The molecule has 27 heavy (non-hydrogen) atoms. The SMILES string of the molecule is Cn1cnc2c(=O)n(-c3cccc4[nH]ncc34)c3cc(Cl)c(C#N)cc3c21. The van der Waals surface area contributed by atoms with Gasteiger partial charge in [-0.15, -0.1) is 0 Å². The fourth-order valence-corrected chi connectivity index (χ4v) is 3.73. The largest absolute Gasteiger partial charge is 0.333 e. The molecule has 0 radical (unpaired) electrons. The second kappa shape index (κ2) is 5.43. The highest BCUT2D eigenvalue weighted by molar-refractivity contribution is 6.32. The number of rotatable bonds is 1. The molecule has 0 amide bonds. The van der Waals surface area contributed by atoms with E-state index in [0.717, 1.165) is 16.3 Å². The number of halogens is 1. The molecule has 0 aliphatic heterocycles. The number of hydrogen-bond acceptors (Lipinski definition) is 4. The van der Waals surface area contributed by atoms with Crippen molar-refractivity contribution in [1.82, 2.24) is 24.3 Å². The smallest absolute Gasteiger partial charge is 0.283 e. The van der Waals surface area contributed by atoms with Gasteiger partial charge >= 0.3 is 0 Å². The van der Waals surface area contributed by atoms with Gasteiger partial charge in [-0.25, -0.2) is 4.98 Å². The Labute approximate surface area is 157 Å². The zero-order chi connectivity index (χ0) is 18.7. The van der Waals surface area contributed by atoms with Crippen LogP contribution in [0.1, 0.15) is 5.56 Å². The Morgan fingerprint density at radius 3 is 2.93 bits per heavy atom. The van der Waals surface area contributed by atoms with E-state index in [2.05, 4.69) is 21.3 Å². The Kier molecular flexibility index (Phi) is 3.14. The summed E-state index contributed by atoms with van der Waals surface area (Å²) in [6.07, 6.45) is 3.27. The molecule has 0 bridgehead atoms. The first-order valence-corrected chi connectivity index (χ1v) is 8.50. The summed E-state index contributed by atoms with van der Waals surface area (Å²) in [6.45, 7) is 0.